The lowest BCUT2D eigenvalue weighted by atomic mass is 10.3. The first-order chi connectivity index (χ1) is 11.4. The van der Waals surface area contributed by atoms with Crippen molar-refractivity contribution >= 4 is 44.8 Å². The third-order valence-corrected chi connectivity index (χ3v) is 6.97. The van der Waals surface area contributed by atoms with Crippen molar-refractivity contribution in [1.82, 2.24) is 9.21 Å². The predicted octanol–water partition coefficient (Wildman–Crippen LogP) is 0.750. The van der Waals surface area contributed by atoms with E-state index in [0.29, 0.717) is 32.7 Å². The maximum Gasteiger partial charge on any atom is 0.244 e. The van der Waals surface area contributed by atoms with Gasteiger partial charge in [0.2, 0.25) is 10.0 Å². The first-order valence-electron chi connectivity index (χ1n) is 7.27. The van der Waals surface area contributed by atoms with Crippen LogP contribution >= 0.6 is 34.8 Å². The minimum atomic E-state index is -3.71. The molecule has 0 amide bonds. The molecule has 0 radical (unpaired) electrons. The zero-order valence-corrected chi connectivity index (χ0v) is 16.8. The quantitative estimate of drug-likeness (QED) is 0.653. The molecule has 3 rings (SSSR count). The van der Waals surface area contributed by atoms with E-state index in [1.807, 2.05) is 12.1 Å². The predicted molar refractivity (Wildman–Crippen MR) is 94.2 cm³/mol. The van der Waals surface area contributed by atoms with E-state index < -0.39 is 10.0 Å². The van der Waals surface area contributed by atoms with Crippen LogP contribution in [0, 0.1) is 0 Å². The number of hydrogen-bond donors (Lipinski definition) is 0. The maximum atomic E-state index is 12.8. The number of piperazine rings is 1. The Labute approximate surface area is 167 Å². The molecule has 2 aromatic rings. The Balaban J connectivity index is 0.00000225. The largest absolute Gasteiger partial charge is 1.00 e. The van der Waals surface area contributed by atoms with Gasteiger partial charge in [-0.3, -0.25) is 4.90 Å². The van der Waals surface area contributed by atoms with Crippen LogP contribution in [-0.4, -0.2) is 43.8 Å². The van der Waals surface area contributed by atoms with Crippen molar-refractivity contribution in [2.75, 3.05) is 26.2 Å². The van der Waals surface area contributed by atoms with Gasteiger partial charge in [0.15, 0.2) is 0 Å². The fourth-order valence-electron chi connectivity index (χ4n) is 2.59. The van der Waals surface area contributed by atoms with Gasteiger partial charge >= 0.3 is 0 Å². The monoisotopic (exact) mass is 443 g/mol. The summed E-state index contributed by atoms with van der Waals surface area (Å²) in [6.45, 7) is 2.63. The molecule has 1 aliphatic rings. The van der Waals surface area contributed by atoms with Crippen LogP contribution in [0.5, 0.6) is 0 Å². The van der Waals surface area contributed by atoms with Gasteiger partial charge in [-0.15, -0.1) is 0 Å². The van der Waals surface area contributed by atoms with Crippen molar-refractivity contribution in [1.29, 1.82) is 0 Å². The Morgan fingerprint density at radius 2 is 1.64 bits per heavy atom. The van der Waals surface area contributed by atoms with Crippen LogP contribution < -0.4 is 12.4 Å². The second kappa shape index (κ2) is 8.48. The third-order valence-electron chi connectivity index (χ3n) is 3.88. The molecule has 0 aliphatic carbocycles. The van der Waals surface area contributed by atoms with Crippen LogP contribution in [0.3, 0.4) is 0 Å². The molecular formula is C15H15Cl4N2O3S-. The topological polar surface area (TPSA) is 53.8 Å². The molecule has 0 bridgehead atoms. The van der Waals surface area contributed by atoms with E-state index in [1.54, 1.807) is 6.26 Å². The number of rotatable bonds is 4. The summed E-state index contributed by atoms with van der Waals surface area (Å²) in [4.78, 5) is 2.12. The molecule has 1 saturated heterocycles. The molecule has 0 unspecified atom stereocenters. The highest BCUT2D eigenvalue weighted by Crippen LogP contribution is 2.33. The molecule has 1 fully saturated rings. The molecule has 5 nitrogen and oxygen atoms in total. The fraction of sp³-hybridized carbons (Fsp3) is 0.333. The molecule has 2 heterocycles. The molecule has 0 saturated carbocycles. The molecule has 1 aliphatic heterocycles. The average molecular weight is 445 g/mol. The van der Waals surface area contributed by atoms with Crippen LogP contribution in [0.2, 0.25) is 15.1 Å². The second-order valence-corrected chi connectivity index (χ2v) is 8.58. The Hall–Kier alpha value is -0.470. The first-order valence-corrected chi connectivity index (χ1v) is 9.85. The Kier molecular flexibility index (Phi) is 7.07. The molecule has 1 aromatic heterocycles. The summed E-state index contributed by atoms with van der Waals surface area (Å²) in [5, 5.41) is 0.461. The molecule has 0 N–H and O–H groups in total. The molecule has 138 valence electrons. The average Bonchev–Trinajstić information content (AvgIpc) is 3.04. The normalized spacial score (nSPS) is 16.6. The van der Waals surface area contributed by atoms with Crippen LogP contribution in [0.1, 0.15) is 5.76 Å². The van der Waals surface area contributed by atoms with E-state index in [9.17, 15) is 8.42 Å². The minimum absolute atomic E-state index is 0. The Bertz CT molecular complexity index is 820. The molecule has 0 atom stereocenters. The SMILES string of the molecule is O=S(=O)(c1cc(Cl)c(Cl)cc1Cl)N1CCN(Cc2ccco2)CC1.[Cl-]. The van der Waals surface area contributed by atoms with Gasteiger partial charge < -0.3 is 16.8 Å². The van der Waals surface area contributed by atoms with Crippen molar-refractivity contribution < 1.29 is 25.2 Å². The third kappa shape index (κ3) is 4.63. The Morgan fingerprint density at radius 3 is 2.24 bits per heavy atom. The zero-order chi connectivity index (χ0) is 17.3. The van der Waals surface area contributed by atoms with E-state index in [4.69, 9.17) is 39.2 Å². The van der Waals surface area contributed by atoms with E-state index in [1.165, 1.54) is 16.4 Å². The number of furan rings is 1. The van der Waals surface area contributed by atoms with E-state index in [-0.39, 0.29) is 32.4 Å². The number of halogens is 4. The lowest BCUT2D eigenvalue weighted by Crippen LogP contribution is -3.00. The molecule has 25 heavy (non-hydrogen) atoms. The lowest BCUT2D eigenvalue weighted by molar-refractivity contribution is -0.00000790. The van der Waals surface area contributed by atoms with E-state index in [2.05, 4.69) is 4.90 Å². The zero-order valence-electron chi connectivity index (χ0n) is 13.0. The first kappa shape index (κ1) is 20.8. The minimum Gasteiger partial charge on any atom is -1.00 e. The maximum absolute atomic E-state index is 12.8. The summed E-state index contributed by atoms with van der Waals surface area (Å²) in [5.41, 5.74) is 0. The standard InChI is InChI=1S/C15H15Cl3N2O3S.ClH/c16-12-8-14(18)15(9-13(12)17)24(21,22)20-5-3-19(4-6-20)10-11-2-1-7-23-11;/h1-2,7-9H,3-6,10H2;1H/p-1. The van der Waals surface area contributed by atoms with Gasteiger partial charge in [0.1, 0.15) is 10.7 Å². The van der Waals surface area contributed by atoms with Crippen molar-refractivity contribution in [3.63, 3.8) is 0 Å². The highest BCUT2D eigenvalue weighted by Gasteiger charge is 2.30. The van der Waals surface area contributed by atoms with E-state index >= 15 is 0 Å². The summed E-state index contributed by atoms with van der Waals surface area (Å²) in [6, 6.07) is 6.39. The van der Waals surface area contributed by atoms with Gasteiger partial charge in [-0.1, -0.05) is 34.8 Å². The second-order valence-electron chi connectivity index (χ2n) is 5.46. The van der Waals surface area contributed by atoms with Crippen molar-refractivity contribution in [2.24, 2.45) is 0 Å². The van der Waals surface area contributed by atoms with Gasteiger partial charge in [-0.25, -0.2) is 8.42 Å². The molecule has 0 spiro atoms. The van der Waals surface area contributed by atoms with Gasteiger partial charge in [-0.05, 0) is 24.3 Å². The number of benzene rings is 1. The van der Waals surface area contributed by atoms with Crippen LogP contribution in [0.25, 0.3) is 0 Å². The number of nitrogens with zero attached hydrogens (tertiary/aromatic N) is 2. The Morgan fingerprint density at radius 1 is 1.00 bits per heavy atom. The van der Waals surface area contributed by atoms with Crippen molar-refractivity contribution in [3.05, 3.63) is 51.4 Å². The molecule has 1 aromatic carbocycles. The van der Waals surface area contributed by atoms with E-state index in [0.717, 1.165) is 5.76 Å². The van der Waals surface area contributed by atoms with Gasteiger partial charge in [0, 0.05) is 26.2 Å². The summed E-state index contributed by atoms with van der Waals surface area (Å²) >= 11 is 17.9. The highest BCUT2D eigenvalue weighted by atomic mass is 35.5. The fourth-order valence-corrected chi connectivity index (χ4v) is 4.99. The van der Waals surface area contributed by atoms with Gasteiger partial charge in [0.25, 0.3) is 0 Å². The highest BCUT2D eigenvalue weighted by molar-refractivity contribution is 7.89. The smallest absolute Gasteiger partial charge is 0.244 e. The van der Waals surface area contributed by atoms with Gasteiger partial charge in [-0.2, -0.15) is 4.31 Å². The van der Waals surface area contributed by atoms with Crippen molar-refractivity contribution in [2.45, 2.75) is 11.4 Å². The number of sulfonamides is 1. The van der Waals surface area contributed by atoms with Crippen molar-refractivity contribution in [3.8, 4) is 0 Å². The lowest BCUT2D eigenvalue weighted by Gasteiger charge is -2.33. The van der Waals surface area contributed by atoms with Crippen LogP contribution in [-0.2, 0) is 16.6 Å². The summed E-state index contributed by atoms with van der Waals surface area (Å²) in [7, 11) is -3.71. The molecular weight excluding hydrogens is 430 g/mol. The van der Waals surface area contributed by atoms with Crippen LogP contribution in [0.4, 0.5) is 0 Å². The molecule has 10 heteroatoms. The summed E-state index contributed by atoms with van der Waals surface area (Å²) in [6.07, 6.45) is 1.63. The summed E-state index contributed by atoms with van der Waals surface area (Å²) in [5.74, 6) is 0.860. The number of hydrogen-bond acceptors (Lipinski definition) is 4. The van der Waals surface area contributed by atoms with Gasteiger partial charge in [0.05, 0.1) is 27.9 Å². The summed E-state index contributed by atoms with van der Waals surface area (Å²) < 4.78 is 32.3. The van der Waals surface area contributed by atoms with Crippen LogP contribution in [0.15, 0.2) is 39.8 Å².